The summed E-state index contributed by atoms with van der Waals surface area (Å²) in [6, 6.07) is 5.11. The minimum atomic E-state index is -4.33. The van der Waals surface area contributed by atoms with Gasteiger partial charge in [-0.05, 0) is 18.6 Å². The van der Waals surface area contributed by atoms with Crippen molar-refractivity contribution in [2.45, 2.75) is 25.7 Å². The minimum absolute atomic E-state index is 0.214. The fourth-order valence-electron chi connectivity index (χ4n) is 1.55. The molecule has 0 fully saturated rings. The average molecular weight is 277 g/mol. The molecule has 0 bridgehead atoms. The van der Waals surface area contributed by atoms with Gasteiger partial charge in [-0.1, -0.05) is 18.2 Å². The van der Waals surface area contributed by atoms with Crippen LogP contribution in [0, 0.1) is 0 Å². The lowest BCUT2D eigenvalue weighted by Gasteiger charge is -2.12. The molecule has 1 atom stereocenters. The number of halogens is 3. The van der Waals surface area contributed by atoms with E-state index in [1.807, 2.05) is 6.92 Å². The maximum Gasteiger partial charge on any atom is 0.416 e. The summed E-state index contributed by atoms with van der Waals surface area (Å²) < 4.78 is 42.5. The second-order valence-corrected chi connectivity index (χ2v) is 4.14. The van der Waals surface area contributed by atoms with Crippen molar-refractivity contribution in [3.63, 3.8) is 0 Å². The van der Waals surface area contributed by atoms with E-state index < -0.39 is 17.8 Å². The Morgan fingerprint density at radius 1 is 1.37 bits per heavy atom. The molecule has 0 heterocycles. The summed E-state index contributed by atoms with van der Waals surface area (Å²) >= 11 is 0. The molecular weight excluding hydrogens is 259 g/mol. The van der Waals surface area contributed by atoms with Crippen LogP contribution in [-0.2, 0) is 17.5 Å². The molecule has 2 N–H and O–H groups in total. The summed E-state index contributed by atoms with van der Waals surface area (Å²) in [4.78, 5) is 0. The number of aliphatic hydroxyl groups is 1. The van der Waals surface area contributed by atoms with Crippen molar-refractivity contribution in [1.82, 2.24) is 5.32 Å². The molecule has 6 heteroatoms. The van der Waals surface area contributed by atoms with Gasteiger partial charge in [-0.15, -0.1) is 0 Å². The van der Waals surface area contributed by atoms with E-state index >= 15 is 0 Å². The van der Waals surface area contributed by atoms with Gasteiger partial charge in [0, 0.05) is 19.7 Å². The quantitative estimate of drug-likeness (QED) is 0.802. The van der Waals surface area contributed by atoms with E-state index in [9.17, 15) is 18.3 Å². The molecule has 19 heavy (non-hydrogen) atoms. The van der Waals surface area contributed by atoms with Crippen LogP contribution in [0.3, 0.4) is 0 Å². The van der Waals surface area contributed by atoms with Gasteiger partial charge >= 0.3 is 6.18 Å². The van der Waals surface area contributed by atoms with Crippen LogP contribution in [0.15, 0.2) is 24.3 Å². The summed E-state index contributed by atoms with van der Waals surface area (Å²) in [6.45, 7) is 3.10. The van der Waals surface area contributed by atoms with Crippen LogP contribution < -0.4 is 5.32 Å². The van der Waals surface area contributed by atoms with Gasteiger partial charge in [-0.3, -0.25) is 0 Å². The predicted octanol–water partition coefficient (Wildman–Crippen LogP) is 2.19. The topological polar surface area (TPSA) is 41.5 Å². The van der Waals surface area contributed by atoms with E-state index in [1.165, 1.54) is 6.07 Å². The molecule has 3 nitrogen and oxygen atoms in total. The molecule has 1 rings (SSSR count). The van der Waals surface area contributed by atoms with E-state index in [4.69, 9.17) is 4.74 Å². The molecule has 0 aliphatic carbocycles. The molecule has 0 aromatic heterocycles. The highest BCUT2D eigenvalue weighted by molar-refractivity contribution is 5.25. The highest BCUT2D eigenvalue weighted by atomic mass is 19.4. The Hall–Kier alpha value is -1.11. The van der Waals surface area contributed by atoms with Crippen LogP contribution in [0.4, 0.5) is 13.2 Å². The third-order valence-corrected chi connectivity index (χ3v) is 2.48. The normalized spacial score (nSPS) is 13.5. The molecule has 1 aromatic rings. The van der Waals surface area contributed by atoms with E-state index in [0.29, 0.717) is 12.2 Å². The third-order valence-electron chi connectivity index (χ3n) is 2.48. The second-order valence-electron chi connectivity index (χ2n) is 4.14. The number of ether oxygens (including phenoxy) is 1. The summed E-state index contributed by atoms with van der Waals surface area (Å²) in [5.74, 6) is 0. The lowest BCUT2D eigenvalue weighted by Crippen LogP contribution is -2.30. The van der Waals surface area contributed by atoms with E-state index in [2.05, 4.69) is 5.32 Å². The molecule has 0 spiro atoms. The van der Waals surface area contributed by atoms with Crippen LogP contribution in [-0.4, -0.2) is 31.0 Å². The molecule has 0 aliphatic heterocycles. The number of hydrogen-bond acceptors (Lipinski definition) is 3. The summed E-state index contributed by atoms with van der Waals surface area (Å²) in [5.41, 5.74) is -0.139. The monoisotopic (exact) mass is 277 g/mol. The Bertz CT molecular complexity index is 382. The number of hydrogen-bond donors (Lipinski definition) is 2. The lowest BCUT2D eigenvalue weighted by atomic mass is 10.1. The van der Waals surface area contributed by atoms with Gasteiger partial charge in [0.1, 0.15) is 0 Å². The fraction of sp³-hybridized carbons (Fsp3) is 0.538. The van der Waals surface area contributed by atoms with Crippen LogP contribution >= 0.6 is 0 Å². The van der Waals surface area contributed by atoms with Crippen molar-refractivity contribution in [3.05, 3.63) is 35.4 Å². The zero-order valence-electron chi connectivity index (χ0n) is 10.7. The molecule has 0 radical (unpaired) electrons. The molecule has 0 saturated heterocycles. The Morgan fingerprint density at radius 3 is 2.74 bits per heavy atom. The lowest BCUT2D eigenvalue weighted by molar-refractivity contribution is -0.137. The summed E-state index contributed by atoms with van der Waals surface area (Å²) in [5, 5.41) is 12.4. The largest absolute Gasteiger partial charge is 0.416 e. The standard InChI is InChI=1S/C13H18F3NO2/c1-2-19-9-12(18)8-17-7-10-4-3-5-11(6-10)13(14,15)16/h3-6,12,17-18H,2,7-9H2,1H3. The molecule has 1 unspecified atom stereocenters. The van der Waals surface area contributed by atoms with Gasteiger partial charge in [0.15, 0.2) is 0 Å². The molecule has 108 valence electrons. The highest BCUT2D eigenvalue weighted by Gasteiger charge is 2.30. The minimum Gasteiger partial charge on any atom is -0.389 e. The first-order valence-electron chi connectivity index (χ1n) is 6.06. The smallest absolute Gasteiger partial charge is 0.389 e. The molecule has 0 amide bonds. The molecule has 1 aromatic carbocycles. The molecular formula is C13H18F3NO2. The summed E-state index contributed by atoms with van der Waals surface area (Å²) in [7, 11) is 0. The maximum absolute atomic E-state index is 12.5. The van der Waals surface area contributed by atoms with Crippen molar-refractivity contribution < 1.29 is 23.0 Å². The van der Waals surface area contributed by atoms with Gasteiger partial charge in [-0.25, -0.2) is 0 Å². The Kier molecular flexibility index (Phi) is 6.27. The number of rotatable bonds is 7. The number of aliphatic hydroxyl groups excluding tert-OH is 1. The van der Waals surface area contributed by atoms with E-state index in [0.717, 1.165) is 12.1 Å². The second kappa shape index (κ2) is 7.47. The first-order chi connectivity index (χ1) is 8.93. The zero-order valence-corrected chi connectivity index (χ0v) is 10.7. The number of alkyl halides is 3. The summed E-state index contributed by atoms with van der Waals surface area (Å²) in [6.07, 6.45) is -4.99. The van der Waals surface area contributed by atoms with Gasteiger partial charge in [0.05, 0.1) is 18.3 Å². The van der Waals surface area contributed by atoms with E-state index in [-0.39, 0.29) is 19.7 Å². The molecule has 0 aliphatic rings. The Balaban J connectivity index is 2.41. The average Bonchev–Trinajstić information content (AvgIpc) is 2.36. The van der Waals surface area contributed by atoms with Crippen molar-refractivity contribution in [1.29, 1.82) is 0 Å². The number of nitrogens with one attached hydrogen (secondary N) is 1. The van der Waals surface area contributed by atoms with Crippen molar-refractivity contribution in [3.8, 4) is 0 Å². The first-order valence-corrected chi connectivity index (χ1v) is 6.06. The van der Waals surface area contributed by atoms with Crippen LogP contribution in [0.25, 0.3) is 0 Å². The first kappa shape index (κ1) is 15.9. The highest BCUT2D eigenvalue weighted by Crippen LogP contribution is 2.29. The van der Waals surface area contributed by atoms with Crippen molar-refractivity contribution >= 4 is 0 Å². The van der Waals surface area contributed by atoms with Crippen LogP contribution in [0.1, 0.15) is 18.1 Å². The van der Waals surface area contributed by atoms with E-state index in [1.54, 1.807) is 6.07 Å². The van der Waals surface area contributed by atoms with Gasteiger partial charge in [0.2, 0.25) is 0 Å². The fourth-order valence-corrected chi connectivity index (χ4v) is 1.55. The Labute approximate surface area is 110 Å². The van der Waals surface area contributed by atoms with Gasteiger partial charge in [0.25, 0.3) is 0 Å². The van der Waals surface area contributed by atoms with Crippen LogP contribution in [0.5, 0.6) is 0 Å². The number of benzene rings is 1. The third kappa shape index (κ3) is 6.04. The zero-order chi connectivity index (χ0) is 14.3. The predicted molar refractivity (Wildman–Crippen MR) is 65.7 cm³/mol. The van der Waals surface area contributed by atoms with Crippen LogP contribution in [0.2, 0.25) is 0 Å². The van der Waals surface area contributed by atoms with Gasteiger partial charge < -0.3 is 15.2 Å². The van der Waals surface area contributed by atoms with Crippen molar-refractivity contribution in [2.24, 2.45) is 0 Å². The van der Waals surface area contributed by atoms with Crippen molar-refractivity contribution in [2.75, 3.05) is 19.8 Å². The maximum atomic E-state index is 12.5. The Morgan fingerprint density at radius 2 is 2.11 bits per heavy atom. The SMILES string of the molecule is CCOCC(O)CNCc1cccc(C(F)(F)F)c1. The van der Waals surface area contributed by atoms with Gasteiger partial charge in [-0.2, -0.15) is 13.2 Å². The molecule has 0 saturated carbocycles.